The van der Waals surface area contributed by atoms with Crippen molar-refractivity contribution in [3.05, 3.63) is 28.7 Å². The summed E-state index contributed by atoms with van der Waals surface area (Å²) >= 11 is 3.37. The van der Waals surface area contributed by atoms with Gasteiger partial charge >= 0.3 is 0 Å². The average Bonchev–Trinajstić information content (AvgIpc) is 2.20. The Balaban J connectivity index is 2.21. The number of carbonyl (C=O) groups is 1. The summed E-state index contributed by atoms with van der Waals surface area (Å²) < 4.78 is 6.37. The lowest BCUT2D eigenvalue weighted by Gasteiger charge is -2.07. The molecule has 0 aliphatic carbocycles. The molecule has 4 nitrogen and oxygen atoms in total. The average molecular weight is 273 g/mol. The van der Waals surface area contributed by atoms with Crippen LogP contribution in [0, 0.1) is 0 Å². The molecule has 0 unspecified atom stereocenters. The van der Waals surface area contributed by atoms with Crippen LogP contribution in [0.25, 0.3) is 0 Å². The minimum atomic E-state index is -0.365. The molecule has 0 heterocycles. The van der Waals surface area contributed by atoms with Gasteiger partial charge in [0.05, 0.1) is 11.0 Å². The number of para-hydroxylation sites is 1. The number of ether oxygens (including phenoxy) is 1. The fraction of sp³-hybridized carbons (Fsp3) is 0.300. The van der Waals surface area contributed by atoms with E-state index in [1.54, 1.807) is 0 Å². The van der Waals surface area contributed by atoms with Crippen molar-refractivity contribution >= 4 is 21.8 Å². The van der Waals surface area contributed by atoms with E-state index in [0.29, 0.717) is 13.2 Å². The van der Waals surface area contributed by atoms with Gasteiger partial charge < -0.3 is 15.8 Å². The zero-order valence-electron chi connectivity index (χ0n) is 8.20. The van der Waals surface area contributed by atoms with Crippen LogP contribution in [0.5, 0.6) is 5.75 Å². The molecule has 1 amide bonds. The lowest BCUT2D eigenvalue weighted by molar-refractivity contribution is -0.117. The number of hydrogen-bond donors (Lipinski definition) is 2. The van der Waals surface area contributed by atoms with E-state index in [9.17, 15) is 4.79 Å². The number of nitrogens with two attached hydrogens (primary N) is 1. The van der Waals surface area contributed by atoms with Crippen LogP contribution in [0.2, 0.25) is 0 Å². The normalized spacial score (nSPS) is 9.93. The van der Waals surface area contributed by atoms with Crippen molar-refractivity contribution in [2.45, 2.75) is 0 Å². The van der Waals surface area contributed by atoms with Crippen LogP contribution in [0.4, 0.5) is 0 Å². The Morgan fingerprint density at radius 1 is 1.47 bits per heavy atom. The van der Waals surface area contributed by atoms with Crippen molar-refractivity contribution in [1.29, 1.82) is 0 Å². The van der Waals surface area contributed by atoms with Crippen LogP contribution in [0.3, 0.4) is 0 Å². The molecule has 0 atom stereocenters. The predicted octanol–water partition coefficient (Wildman–Crippen LogP) is 0.903. The van der Waals surface area contributed by atoms with Gasteiger partial charge in [0.15, 0.2) is 0 Å². The van der Waals surface area contributed by atoms with Gasteiger partial charge in [0.1, 0.15) is 12.4 Å². The first-order valence-corrected chi connectivity index (χ1v) is 5.36. The molecule has 1 aromatic carbocycles. The molecule has 15 heavy (non-hydrogen) atoms. The molecule has 82 valence electrons. The molecule has 0 bridgehead atoms. The van der Waals surface area contributed by atoms with Crippen LogP contribution < -0.4 is 15.8 Å². The van der Waals surface area contributed by atoms with Crippen LogP contribution in [0.15, 0.2) is 28.7 Å². The summed E-state index contributed by atoms with van der Waals surface area (Å²) in [6.45, 7) is 1.26. The largest absolute Gasteiger partial charge is 0.491 e. The van der Waals surface area contributed by atoms with Crippen molar-refractivity contribution in [2.24, 2.45) is 5.73 Å². The van der Waals surface area contributed by atoms with Crippen molar-refractivity contribution in [3.63, 3.8) is 0 Å². The number of amides is 1. The maximum atomic E-state index is 10.4. The zero-order valence-corrected chi connectivity index (χ0v) is 9.79. The first kappa shape index (κ1) is 12.0. The van der Waals surface area contributed by atoms with Gasteiger partial charge in [-0.1, -0.05) is 12.1 Å². The van der Waals surface area contributed by atoms with Gasteiger partial charge in [-0.3, -0.25) is 4.79 Å². The Bertz CT molecular complexity index is 331. The number of nitrogens with one attached hydrogen (secondary N) is 1. The zero-order chi connectivity index (χ0) is 11.1. The van der Waals surface area contributed by atoms with E-state index in [-0.39, 0.29) is 12.5 Å². The lowest BCUT2D eigenvalue weighted by Crippen LogP contribution is -2.31. The third-order valence-corrected chi connectivity index (χ3v) is 2.33. The lowest BCUT2D eigenvalue weighted by atomic mass is 10.3. The summed E-state index contributed by atoms with van der Waals surface area (Å²) in [5, 5.41) is 2.86. The Hall–Kier alpha value is -1.07. The summed E-state index contributed by atoms with van der Waals surface area (Å²) in [6, 6.07) is 7.60. The van der Waals surface area contributed by atoms with E-state index in [2.05, 4.69) is 21.2 Å². The summed E-state index contributed by atoms with van der Waals surface area (Å²) in [7, 11) is 0. The molecule has 1 aromatic rings. The molecule has 0 spiro atoms. The molecule has 0 aliphatic heterocycles. The van der Waals surface area contributed by atoms with Crippen molar-refractivity contribution < 1.29 is 9.53 Å². The highest BCUT2D eigenvalue weighted by Crippen LogP contribution is 2.23. The predicted molar refractivity (Wildman–Crippen MR) is 61.7 cm³/mol. The minimum absolute atomic E-state index is 0.180. The van der Waals surface area contributed by atoms with Gasteiger partial charge in [-0.15, -0.1) is 0 Å². The number of benzene rings is 1. The first-order chi connectivity index (χ1) is 7.20. The summed E-state index contributed by atoms with van der Waals surface area (Å²) in [5.41, 5.74) is 4.96. The van der Waals surface area contributed by atoms with Crippen LogP contribution in [-0.4, -0.2) is 25.6 Å². The molecule has 0 saturated carbocycles. The van der Waals surface area contributed by atoms with Crippen molar-refractivity contribution in [3.8, 4) is 5.75 Å². The summed E-state index contributed by atoms with van der Waals surface area (Å²) in [4.78, 5) is 10.4. The van der Waals surface area contributed by atoms with Gasteiger partial charge in [0.2, 0.25) is 5.91 Å². The molecule has 0 aromatic heterocycles. The van der Waals surface area contributed by atoms with E-state index in [1.807, 2.05) is 24.3 Å². The standard InChI is InChI=1S/C10H13BrN2O2/c11-8-3-1-2-4-9(8)15-6-5-13-7-10(12)14/h1-4,13H,5-7H2,(H2,12,14). The van der Waals surface area contributed by atoms with Gasteiger partial charge in [-0.05, 0) is 28.1 Å². The highest BCUT2D eigenvalue weighted by Gasteiger charge is 1.98. The van der Waals surface area contributed by atoms with Crippen molar-refractivity contribution in [1.82, 2.24) is 5.32 Å². The third kappa shape index (κ3) is 4.80. The topological polar surface area (TPSA) is 64.4 Å². The van der Waals surface area contributed by atoms with Gasteiger partial charge in [-0.2, -0.15) is 0 Å². The Morgan fingerprint density at radius 3 is 2.87 bits per heavy atom. The quantitative estimate of drug-likeness (QED) is 0.757. The van der Waals surface area contributed by atoms with Gasteiger partial charge in [0, 0.05) is 6.54 Å². The highest BCUT2D eigenvalue weighted by molar-refractivity contribution is 9.10. The number of primary amides is 1. The molecule has 3 N–H and O–H groups in total. The maximum absolute atomic E-state index is 10.4. The first-order valence-electron chi connectivity index (χ1n) is 4.56. The molecule has 0 fully saturated rings. The van der Waals surface area contributed by atoms with E-state index < -0.39 is 0 Å². The third-order valence-electron chi connectivity index (χ3n) is 1.67. The van der Waals surface area contributed by atoms with E-state index in [1.165, 1.54) is 0 Å². The van der Waals surface area contributed by atoms with Crippen LogP contribution in [0.1, 0.15) is 0 Å². The molecular weight excluding hydrogens is 260 g/mol. The molecule has 1 rings (SSSR count). The smallest absolute Gasteiger partial charge is 0.231 e. The maximum Gasteiger partial charge on any atom is 0.231 e. The number of halogens is 1. The molecule has 0 radical (unpaired) electrons. The molecular formula is C10H13BrN2O2. The fourth-order valence-electron chi connectivity index (χ4n) is 1.01. The molecule has 0 aliphatic rings. The number of carbonyl (C=O) groups excluding carboxylic acids is 1. The van der Waals surface area contributed by atoms with Crippen molar-refractivity contribution in [2.75, 3.05) is 19.7 Å². The summed E-state index contributed by atoms with van der Waals surface area (Å²) in [6.07, 6.45) is 0. The van der Waals surface area contributed by atoms with E-state index >= 15 is 0 Å². The number of hydrogen-bond acceptors (Lipinski definition) is 3. The Morgan fingerprint density at radius 2 is 2.20 bits per heavy atom. The second-order valence-electron chi connectivity index (χ2n) is 2.92. The number of rotatable bonds is 6. The monoisotopic (exact) mass is 272 g/mol. The second kappa shape index (κ2) is 6.42. The Kier molecular flexibility index (Phi) is 5.14. The molecule has 0 saturated heterocycles. The van der Waals surface area contributed by atoms with E-state index in [0.717, 1.165) is 10.2 Å². The van der Waals surface area contributed by atoms with Gasteiger partial charge in [0.25, 0.3) is 0 Å². The minimum Gasteiger partial charge on any atom is -0.491 e. The SMILES string of the molecule is NC(=O)CNCCOc1ccccc1Br. The second-order valence-corrected chi connectivity index (χ2v) is 3.78. The fourth-order valence-corrected chi connectivity index (χ4v) is 1.41. The summed E-state index contributed by atoms with van der Waals surface area (Å²) in [5.74, 6) is 0.425. The van der Waals surface area contributed by atoms with E-state index in [4.69, 9.17) is 10.5 Å². The van der Waals surface area contributed by atoms with Crippen LogP contribution >= 0.6 is 15.9 Å². The Labute approximate surface area is 96.9 Å². The molecule has 5 heteroatoms. The van der Waals surface area contributed by atoms with Crippen LogP contribution in [-0.2, 0) is 4.79 Å². The van der Waals surface area contributed by atoms with Gasteiger partial charge in [-0.25, -0.2) is 0 Å². The highest BCUT2D eigenvalue weighted by atomic mass is 79.9.